The standard InChI is InChI=1S/C16H14N4O/c17-16(18)20-19-15(11-6-2-1-3-7-11)14-10-12-8-4-5-9-13(12)21-14/h1-10H,(H4,17,18,20)/b19-15-. The van der Waals surface area contributed by atoms with Gasteiger partial charge in [0.2, 0.25) is 5.96 Å². The van der Waals surface area contributed by atoms with Crippen LogP contribution in [0, 0.1) is 0 Å². The van der Waals surface area contributed by atoms with E-state index in [0.717, 1.165) is 16.5 Å². The Morgan fingerprint density at radius 3 is 2.29 bits per heavy atom. The lowest BCUT2D eigenvalue weighted by molar-refractivity contribution is 0.605. The minimum Gasteiger partial charge on any atom is -0.454 e. The van der Waals surface area contributed by atoms with Crippen molar-refractivity contribution in [3.63, 3.8) is 0 Å². The summed E-state index contributed by atoms with van der Waals surface area (Å²) in [5.74, 6) is 0.520. The monoisotopic (exact) mass is 278 g/mol. The van der Waals surface area contributed by atoms with Crippen molar-refractivity contribution in [2.45, 2.75) is 0 Å². The summed E-state index contributed by atoms with van der Waals surface area (Å²) in [4.78, 5) is 0. The first kappa shape index (κ1) is 12.9. The van der Waals surface area contributed by atoms with Gasteiger partial charge in [-0.05, 0) is 12.1 Å². The molecule has 0 aliphatic rings. The maximum atomic E-state index is 5.84. The Hall–Kier alpha value is -3.08. The number of nitrogens with two attached hydrogens (primary N) is 2. The highest BCUT2D eigenvalue weighted by molar-refractivity contribution is 6.12. The van der Waals surface area contributed by atoms with Crippen LogP contribution in [-0.2, 0) is 0 Å². The summed E-state index contributed by atoms with van der Waals surface area (Å²) in [6.45, 7) is 0. The molecule has 0 unspecified atom stereocenters. The smallest absolute Gasteiger partial charge is 0.211 e. The summed E-state index contributed by atoms with van der Waals surface area (Å²) in [6, 6.07) is 19.3. The summed E-state index contributed by atoms with van der Waals surface area (Å²) in [5, 5.41) is 8.87. The van der Waals surface area contributed by atoms with Crippen LogP contribution >= 0.6 is 0 Å². The molecule has 5 heteroatoms. The number of nitrogens with zero attached hydrogens (tertiary/aromatic N) is 2. The maximum absolute atomic E-state index is 5.84. The van der Waals surface area contributed by atoms with Crippen LogP contribution in [0.25, 0.3) is 11.0 Å². The molecule has 0 bridgehead atoms. The fourth-order valence-corrected chi connectivity index (χ4v) is 2.05. The van der Waals surface area contributed by atoms with E-state index in [1.54, 1.807) is 0 Å². The van der Waals surface area contributed by atoms with Crippen molar-refractivity contribution < 1.29 is 4.42 Å². The molecule has 0 saturated heterocycles. The molecule has 0 amide bonds. The topological polar surface area (TPSA) is 89.9 Å². The zero-order valence-electron chi connectivity index (χ0n) is 11.2. The summed E-state index contributed by atoms with van der Waals surface area (Å²) in [6.07, 6.45) is 0. The largest absolute Gasteiger partial charge is 0.454 e. The minimum atomic E-state index is -0.0976. The van der Waals surface area contributed by atoms with Crippen LogP contribution in [0.1, 0.15) is 11.3 Å². The van der Waals surface area contributed by atoms with Gasteiger partial charge in [0.05, 0.1) is 0 Å². The molecular formula is C16H14N4O. The molecular weight excluding hydrogens is 264 g/mol. The molecule has 3 rings (SSSR count). The number of para-hydroxylation sites is 1. The first-order chi connectivity index (χ1) is 10.2. The number of guanidine groups is 1. The van der Waals surface area contributed by atoms with Gasteiger partial charge in [0.15, 0.2) is 5.76 Å². The van der Waals surface area contributed by atoms with E-state index in [2.05, 4.69) is 10.2 Å². The third kappa shape index (κ3) is 2.76. The summed E-state index contributed by atoms with van der Waals surface area (Å²) in [7, 11) is 0. The van der Waals surface area contributed by atoms with Crippen LogP contribution in [-0.4, -0.2) is 11.7 Å². The molecule has 5 nitrogen and oxygen atoms in total. The van der Waals surface area contributed by atoms with Gasteiger partial charge in [-0.15, -0.1) is 10.2 Å². The Labute approximate surface area is 121 Å². The molecule has 104 valence electrons. The summed E-state index contributed by atoms with van der Waals surface area (Å²) < 4.78 is 5.84. The molecule has 1 aromatic heterocycles. The van der Waals surface area contributed by atoms with Gasteiger partial charge in [0.1, 0.15) is 11.3 Å². The van der Waals surface area contributed by atoms with Crippen molar-refractivity contribution in [3.8, 4) is 0 Å². The number of hydrogen-bond donors (Lipinski definition) is 2. The van der Waals surface area contributed by atoms with Crippen LogP contribution in [0.2, 0.25) is 0 Å². The number of hydrogen-bond acceptors (Lipinski definition) is 3. The molecule has 3 aromatic rings. The second-order valence-corrected chi connectivity index (χ2v) is 4.49. The van der Waals surface area contributed by atoms with Crippen LogP contribution in [0.15, 0.2) is 75.3 Å². The van der Waals surface area contributed by atoms with Gasteiger partial charge in [0, 0.05) is 10.9 Å². The van der Waals surface area contributed by atoms with E-state index < -0.39 is 0 Å². The molecule has 0 fully saturated rings. The molecule has 0 atom stereocenters. The molecule has 0 aliphatic heterocycles. The summed E-state index contributed by atoms with van der Waals surface area (Å²) >= 11 is 0. The summed E-state index contributed by atoms with van der Waals surface area (Å²) in [5.41, 5.74) is 13.0. The SMILES string of the molecule is NC(N)=N/N=C(/c1ccccc1)c1cc2ccccc2o1. The third-order valence-electron chi connectivity index (χ3n) is 2.97. The third-order valence-corrected chi connectivity index (χ3v) is 2.97. The van der Waals surface area contributed by atoms with Gasteiger partial charge in [-0.3, -0.25) is 0 Å². The Kier molecular flexibility index (Phi) is 3.39. The van der Waals surface area contributed by atoms with Crippen LogP contribution in [0.5, 0.6) is 0 Å². The van der Waals surface area contributed by atoms with Crippen molar-refractivity contribution >= 4 is 22.6 Å². The number of furan rings is 1. The van der Waals surface area contributed by atoms with Crippen molar-refractivity contribution in [2.75, 3.05) is 0 Å². The number of benzene rings is 2. The Morgan fingerprint density at radius 1 is 0.857 bits per heavy atom. The predicted octanol–water partition coefficient (Wildman–Crippen LogP) is 2.46. The highest BCUT2D eigenvalue weighted by Crippen LogP contribution is 2.21. The van der Waals surface area contributed by atoms with Gasteiger partial charge in [-0.2, -0.15) is 0 Å². The highest BCUT2D eigenvalue weighted by atomic mass is 16.3. The first-order valence-corrected chi connectivity index (χ1v) is 6.45. The molecule has 0 aliphatic carbocycles. The van der Waals surface area contributed by atoms with Gasteiger partial charge in [-0.1, -0.05) is 48.5 Å². The average molecular weight is 278 g/mol. The van der Waals surface area contributed by atoms with Crippen LogP contribution in [0.3, 0.4) is 0 Å². The highest BCUT2D eigenvalue weighted by Gasteiger charge is 2.12. The normalized spacial score (nSPS) is 11.5. The van der Waals surface area contributed by atoms with E-state index >= 15 is 0 Å². The number of fused-ring (bicyclic) bond motifs is 1. The zero-order valence-corrected chi connectivity index (χ0v) is 11.2. The van der Waals surface area contributed by atoms with Crippen LogP contribution in [0.4, 0.5) is 0 Å². The molecule has 2 aromatic carbocycles. The van der Waals surface area contributed by atoms with Gasteiger partial charge >= 0.3 is 0 Å². The van der Waals surface area contributed by atoms with Gasteiger partial charge in [-0.25, -0.2) is 0 Å². The van der Waals surface area contributed by atoms with E-state index in [9.17, 15) is 0 Å². The lowest BCUT2D eigenvalue weighted by Crippen LogP contribution is -2.22. The molecule has 0 spiro atoms. The zero-order chi connectivity index (χ0) is 14.7. The van der Waals surface area contributed by atoms with Crippen molar-refractivity contribution in [2.24, 2.45) is 21.7 Å². The lowest BCUT2D eigenvalue weighted by Gasteiger charge is -2.01. The Balaban J connectivity index is 2.15. The van der Waals surface area contributed by atoms with E-state index in [0.29, 0.717) is 11.5 Å². The maximum Gasteiger partial charge on any atom is 0.211 e. The van der Waals surface area contributed by atoms with Crippen LogP contribution < -0.4 is 11.5 Å². The van der Waals surface area contributed by atoms with Gasteiger partial charge in [0.25, 0.3) is 0 Å². The minimum absolute atomic E-state index is 0.0976. The Bertz CT molecular complexity index is 781. The molecule has 0 saturated carbocycles. The first-order valence-electron chi connectivity index (χ1n) is 6.45. The van der Waals surface area contributed by atoms with E-state index in [-0.39, 0.29) is 5.96 Å². The Morgan fingerprint density at radius 2 is 1.57 bits per heavy atom. The van der Waals surface area contributed by atoms with E-state index in [1.165, 1.54) is 0 Å². The van der Waals surface area contributed by atoms with Crippen molar-refractivity contribution in [1.29, 1.82) is 0 Å². The van der Waals surface area contributed by atoms with E-state index in [1.807, 2.05) is 60.7 Å². The predicted molar refractivity (Wildman–Crippen MR) is 84.1 cm³/mol. The second kappa shape index (κ2) is 5.50. The molecule has 4 N–H and O–H groups in total. The molecule has 21 heavy (non-hydrogen) atoms. The van der Waals surface area contributed by atoms with Crippen molar-refractivity contribution in [1.82, 2.24) is 0 Å². The van der Waals surface area contributed by atoms with E-state index in [4.69, 9.17) is 15.9 Å². The van der Waals surface area contributed by atoms with Gasteiger partial charge < -0.3 is 15.9 Å². The average Bonchev–Trinajstić information content (AvgIpc) is 2.92. The molecule has 1 heterocycles. The second-order valence-electron chi connectivity index (χ2n) is 4.49. The number of rotatable bonds is 3. The quantitative estimate of drug-likeness (QED) is 0.438. The fraction of sp³-hybridized carbons (Fsp3) is 0. The lowest BCUT2D eigenvalue weighted by atomic mass is 10.1. The van der Waals surface area contributed by atoms with Crippen molar-refractivity contribution in [3.05, 3.63) is 72.0 Å². The fourth-order valence-electron chi connectivity index (χ4n) is 2.05. The molecule has 0 radical (unpaired) electrons.